The average Bonchev–Trinajstić information content (AvgIpc) is 2.69. The van der Waals surface area contributed by atoms with Gasteiger partial charge in [0.25, 0.3) is 5.91 Å². The van der Waals surface area contributed by atoms with E-state index in [4.69, 9.17) is 0 Å². The van der Waals surface area contributed by atoms with Crippen molar-refractivity contribution < 1.29 is 14.0 Å². The first-order chi connectivity index (χ1) is 13.8. The number of benzene rings is 1. The van der Waals surface area contributed by atoms with Crippen LogP contribution in [0.4, 0.5) is 4.39 Å². The molecule has 29 heavy (non-hydrogen) atoms. The number of nitrogens with zero attached hydrogens (tertiary/aromatic N) is 4. The molecule has 2 amide bonds. The number of carbonyl (C=O) groups excluding carboxylic acids is 2. The summed E-state index contributed by atoms with van der Waals surface area (Å²) in [4.78, 5) is 37.5. The standard InChI is InChI=1S/C22H27FN4O2/c1-14-19(12-20(28)26(3)4)15(2)25-21(24-14)17-8-6-10-27(13-17)22(29)16-7-5-9-18(23)11-16/h5,7,9,11,17H,6,8,10,12-13H2,1-4H3. The molecule has 1 fully saturated rings. The fourth-order valence-electron chi connectivity index (χ4n) is 3.69. The van der Waals surface area contributed by atoms with Crippen molar-refractivity contribution in [1.29, 1.82) is 0 Å². The maximum atomic E-state index is 13.5. The first-order valence-corrected chi connectivity index (χ1v) is 9.85. The largest absolute Gasteiger partial charge is 0.349 e. The van der Waals surface area contributed by atoms with Crippen LogP contribution in [0.1, 0.15) is 51.9 Å². The van der Waals surface area contributed by atoms with E-state index in [2.05, 4.69) is 9.97 Å². The van der Waals surface area contributed by atoms with E-state index in [9.17, 15) is 14.0 Å². The van der Waals surface area contributed by atoms with Gasteiger partial charge < -0.3 is 9.80 Å². The zero-order chi connectivity index (χ0) is 21.1. The van der Waals surface area contributed by atoms with Crippen molar-refractivity contribution in [1.82, 2.24) is 19.8 Å². The molecule has 3 rings (SSSR count). The monoisotopic (exact) mass is 398 g/mol. The molecule has 1 aliphatic rings. The molecule has 0 radical (unpaired) electrons. The van der Waals surface area contributed by atoms with Gasteiger partial charge in [0.2, 0.25) is 5.91 Å². The van der Waals surface area contributed by atoms with E-state index in [1.165, 1.54) is 12.1 Å². The second kappa shape index (κ2) is 8.68. The third kappa shape index (κ3) is 4.78. The minimum Gasteiger partial charge on any atom is -0.349 e. The molecule has 1 unspecified atom stereocenters. The summed E-state index contributed by atoms with van der Waals surface area (Å²) in [6.07, 6.45) is 2.01. The van der Waals surface area contributed by atoms with Crippen molar-refractivity contribution in [3.63, 3.8) is 0 Å². The molecule has 1 atom stereocenters. The van der Waals surface area contributed by atoms with Gasteiger partial charge in [0, 0.05) is 55.6 Å². The number of likely N-dealkylation sites (tertiary alicyclic amines) is 1. The molecule has 0 aliphatic carbocycles. The Hall–Kier alpha value is -2.83. The van der Waals surface area contributed by atoms with Gasteiger partial charge in [0.05, 0.1) is 6.42 Å². The minimum absolute atomic E-state index is 0.0112. The van der Waals surface area contributed by atoms with Gasteiger partial charge >= 0.3 is 0 Å². The van der Waals surface area contributed by atoms with Gasteiger partial charge in [-0.15, -0.1) is 0 Å². The van der Waals surface area contributed by atoms with Gasteiger partial charge in [0.15, 0.2) is 0 Å². The number of hydrogen-bond acceptors (Lipinski definition) is 4. The lowest BCUT2D eigenvalue weighted by Gasteiger charge is -2.32. The lowest BCUT2D eigenvalue weighted by atomic mass is 9.95. The highest BCUT2D eigenvalue weighted by molar-refractivity contribution is 5.94. The Morgan fingerprint density at radius 2 is 1.90 bits per heavy atom. The summed E-state index contributed by atoms with van der Waals surface area (Å²) in [6, 6.07) is 5.79. The van der Waals surface area contributed by atoms with Crippen molar-refractivity contribution >= 4 is 11.8 Å². The lowest BCUT2D eigenvalue weighted by molar-refractivity contribution is -0.128. The Bertz CT molecular complexity index is 906. The normalized spacial score (nSPS) is 16.6. The van der Waals surface area contributed by atoms with Crippen LogP contribution in [0.5, 0.6) is 0 Å². The molecule has 1 aliphatic heterocycles. The molecule has 0 N–H and O–H groups in total. The van der Waals surface area contributed by atoms with E-state index in [-0.39, 0.29) is 24.2 Å². The number of hydrogen-bond donors (Lipinski definition) is 0. The molecule has 2 aromatic rings. The van der Waals surface area contributed by atoms with Gasteiger partial charge in [-0.25, -0.2) is 14.4 Å². The number of aromatic nitrogens is 2. The quantitative estimate of drug-likeness (QED) is 0.794. The zero-order valence-corrected chi connectivity index (χ0v) is 17.4. The number of carbonyl (C=O) groups is 2. The SMILES string of the molecule is Cc1nc(C2CCCN(C(=O)c3cccc(F)c3)C2)nc(C)c1CC(=O)N(C)C. The van der Waals surface area contributed by atoms with Crippen molar-refractivity contribution in [2.24, 2.45) is 0 Å². The lowest BCUT2D eigenvalue weighted by Crippen LogP contribution is -2.39. The smallest absolute Gasteiger partial charge is 0.253 e. The Labute approximate surface area is 170 Å². The van der Waals surface area contributed by atoms with Crippen molar-refractivity contribution in [3.8, 4) is 0 Å². The fraction of sp³-hybridized carbons (Fsp3) is 0.455. The highest BCUT2D eigenvalue weighted by atomic mass is 19.1. The van der Waals surface area contributed by atoms with E-state index in [0.717, 1.165) is 29.8 Å². The van der Waals surface area contributed by atoms with Crippen LogP contribution in [-0.4, -0.2) is 58.8 Å². The zero-order valence-electron chi connectivity index (χ0n) is 17.4. The summed E-state index contributed by atoms with van der Waals surface area (Å²) in [7, 11) is 3.46. The van der Waals surface area contributed by atoms with Crippen LogP contribution in [-0.2, 0) is 11.2 Å². The predicted octanol–water partition coefficient (Wildman–Crippen LogP) is 2.88. The third-order valence-electron chi connectivity index (χ3n) is 5.41. The van der Waals surface area contributed by atoms with Crippen molar-refractivity contribution in [2.45, 2.75) is 39.0 Å². The molecule has 0 spiro atoms. The Kier molecular flexibility index (Phi) is 6.25. The number of amides is 2. The topological polar surface area (TPSA) is 66.4 Å². The van der Waals surface area contributed by atoms with Crippen molar-refractivity contribution in [3.05, 3.63) is 58.4 Å². The van der Waals surface area contributed by atoms with Gasteiger partial charge in [-0.05, 0) is 44.9 Å². The summed E-state index contributed by atoms with van der Waals surface area (Å²) < 4.78 is 13.5. The van der Waals surface area contributed by atoms with Gasteiger partial charge in [-0.3, -0.25) is 9.59 Å². The summed E-state index contributed by atoms with van der Waals surface area (Å²) in [5.74, 6) is 0.157. The summed E-state index contributed by atoms with van der Waals surface area (Å²) in [5, 5.41) is 0. The summed E-state index contributed by atoms with van der Waals surface area (Å²) in [5.41, 5.74) is 2.82. The fourth-order valence-corrected chi connectivity index (χ4v) is 3.69. The van der Waals surface area contributed by atoms with E-state index in [1.54, 1.807) is 36.0 Å². The average molecular weight is 398 g/mol. The number of aryl methyl sites for hydroxylation is 2. The number of piperidine rings is 1. The highest BCUT2D eigenvalue weighted by Crippen LogP contribution is 2.27. The molecule has 6 nitrogen and oxygen atoms in total. The number of rotatable bonds is 4. The second-order valence-corrected chi connectivity index (χ2v) is 7.80. The van der Waals surface area contributed by atoms with Crippen LogP contribution in [0.15, 0.2) is 24.3 Å². The Morgan fingerprint density at radius 3 is 2.52 bits per heavy atom. The van der Waals surface area contributed by atoms with Gasteiger partial charge in [-0.2, -0.15) is 0 Å². The van der Waals surface area contributed by atoms with Crippen LogP contribution in [0, 0.1) is 19.7 Å². The first kappa shape index (κ1) is 20.9. The van der Waals surface area contributed by atoms with Crippen LogP contribution in [0.2, 0.25) is 0 Å². The van der Waals surface area contributed by atoms with Crippen LogP contribution < -0.4 is 0 Å². The predicted molar refractivity (Wildman–Crippen MR) is 108 cm³/mol. The molecular weight excluding hydrogens is 371 g/mol. The van der Waals surface area contributed by atoms with Crippen LogP contribution >= 0.6 is 0 Å². The van der Waals surface area contributed by atoms with Gasteiger partial charge in [-0.1, -0.05) is 6.07 Å². The summed E-state index contributed by atoms with van der Waals surface area (Å²) in [6.45, 7) is 4.94. The molecule has 0 bridgehead atoms. The highest BCUT2D eigenvalue weighted by Gasteiger charge is 2.28. The van der Waals surface area contributed by atoms with E-state index >= 15 is 0 Å². The van der Waals surface area contributed by atoms with Gasteiger partial charge in [0.1, 0.15) is 11.6 Å². The van der Waals surface area contributed by atoms with Crippen LogP contribution in [0.25, 0.3) is 0 Å². The molecule has 1 aromatic carbocycles. The summed E-state index contributed by atoms with van der Waals surface area (Å²) >= 11 is 0. The van der Waals surface area contributed by atoms with E-state index in [1.807, 2.05) is 13.8 Å². The Balaban J connectivity index is 1.78. The molecule has 0 saturated carbocycles. The molecule has 154 valence electrons. The van der Waals surface area contributed by atoms with Crippen LogP contribution in [0.3, 0.4) is 0 Å². The first-order valence-electron chi connectivity index (χ1n) is 9.85. The molecule has 1 saturated heterocycles. The second-order valence-electron chi connectivity index (χ2n) is 7.80. The minimum atomic E-state index is -0.415. The number of likely N-dealkylation sites (N-methyl/N-ethyl adjacent to an activating group) is 1. The van der Waals surface area contributed by atoms with E-state index in [0.29, 0.717) is 24.5 Å². The maximum Gasteiger partial charge on any atom is 0.253 e. The number of halogens is 1. The Morgan fingerprint density at radius 1 is 1.21 bits per heavy atom. The third-order valence-corrected chi connectivity index (χ3v) is 5.41. The molecule has 2 heterocycles. The molecule has 7 heteroatoms. The molecule has 1 aromatic heterocycles. The maximum absolute atomic E-state index is 13.5. The molecular formula is C22H27FN4O2. The van der Waals surface area contributed by atoms with E-state index < -0.39 is 5.82 Å². The van der Waals surface area contributed by atoms with Crippen molar-refractivity contribution in [2.75, 3.05) is 27.2 Å².